The van der Waals surface area contributed by atoms with Gasteiger partial charge >= 0.3 is 7.60 Å². The fourth-order valence-corrected chi connectivity index (χ4v) is 6.66. The van der Waals surface area contributed by atoms with Gasteiger partial charge in [-0.1, -0.05) is 83.8 Å². The first-order chi connectivity index (χ1) is 17.8. The fourth-order valence-electron chi connectivity index (χ4n) is 4.77. The van der Waals surface area contributed by atoms with Crippen molar-refractivity contribution in [3.63, 3.8) is 0 Å². The molecule has 3 atom stereocenters. The minimum atomic E-state index is -3.79. The summed E-state index contributed by atoms with van der Waals surface area (Å²) in [5.74, 6) is -0.472. The summed E-state index contributed by atoms with van der Waals surface area (Å²) in [6, 6.07) is 0. The van der Waals surface area contributed by atoms with Crippen LogP contribution in [0.3, 0.4) is 0 Å². The molecule has 0 rings (SSSR count). The summed E-state index contributed by atoms with van der Waals surface area (Å²) in [4.78, 5) is 10.6. The van der Waals surface area contributed by atoms with E-state index < -0.39 is 13.4 Å². The predicted molar refractivity (Wildman–Crippen MR) is 163 cm³/mol. The average Bonchev–Trinajstić information content (AvgIpc) is 2.80. The molecule has 0 radical (unpaired) electrons. The summed E-state index contributed by atoms with van der Waals surface area (Å²) in [6.07, 6.45) is 22.9. The van der Waals surface area contributed by atoms with Gasteiger partial charge in [0.2, 0.25) is 0 Å². The van der Waals surface area contributed by atoms with Gasteiger partial charge in [-0.3, -0.25) is 4.57 Å². The Morgan fingerprint density at radius 2 is 1.29 bits per heavy atom. The Morgan fingerprint density at radius 3 is 1.76 bits per heavy atom. The van der Waals surface area contributed by atoms with E-state index in [0.717, 1.165) is 6.42 Å². The fraction of sp³-hybridized carbons (Fsp3) is 0.935. The van der Waals surface area contributed by atoms with Crippen LogP contribution in [0.25, 0.3) is 0 Å². The highest BCUT2D eigenvalue weighted by molar-refractivity contribution is 7.53. The van der Waals surface area contributed by atoms with Crippen LogP contribution in [0.1, 0.15) is 131 Å². The van der Waals surface area contributed by atoms with Gasteiger partial charge < -0.3 is 23.4 Å². The predicted octanol–water partition coefficient (Wildman–Crippen LogP) is 8.87. The van der Waals surface area contributed by atoms with Gasteiger partial charge in [0, 0.05) is 13.0 Å². The Hall–Kier alpha value is -0.230. The number of ether oxygens (including phenoxy) is 2. The van der Waals surface area contributed by atoms with Crippen LogP contribution < -0.4 is 0 Å². The molecule has 6 nitrogen and oxygen atoms in total. The maximum Gasteiger partial charge on any atom is 0.385 e. The molecule has 1 N–H and O–H groups in total. The number of hydrogen-bond donors (Lipinski definition) is 1. The zero-order valence-corrected chi connectivity index (χ0v) is 27.4. The van der Waals surface area contributed by atoms with Crippen LogP contribution in [0, 0.1) is 0 Å². The standard InChI is InChI=1S/C31H64NO5P/c1-9-11-12-13-14-15-16-17-18-19-20-21-22-23-24-25-26-35-27-29(37-31(3,4)5)28-36-38(33,34)30(10-2)32(6,7)8/h16-17,29-30H,9-15,18-28H2,1-8H3/p+1/b17-16-/t29-,30?/m1/s1. The third-order valence-electron chi connectivity index (χ3n) is 6.71. The minimum Gasteiger partial charge on any atom is -0.379 e. The average molecular weight is 563 g/mol. The molecule has 2 unspecified atom stereocenters. The van der Waals surface area contributed by atoms with E-state index in [1.807, 2.05) is 48.8 Å². The summed E-state index contributed by atoms with van der Waals surface area (Å²) >= 11 is 0. The summed E-state index contributed by atoms with van der Waals surface area (Å²) in [5, 5.41) is 0. The van der Waals surface area contributed by atoms with E-state index in [1.54, 1.807) is 0 Å². The lowest BCUT2D eigenvalue weighted by atomic mass is 10.1. The lowest BCUT2D eigenvalue weighted by molar-refractivity contribution is -0.883. The normalized spacial score (nSPS) is 16.1. The summed E-state index contributed by atoms with van der Waals surface area (Å²) in [5.41, 5.74) is -0.384. The van der Waals surface area contributed by atoms with E-state index in [-0.39, 0.29) is 18.3 Å². The van der Waals surface area contributed by atoms with Crippen molar-refractivity contribution >= 4 is 7.60 Å². The highest BCUT2D eigenvalue weighted by Gasteiger charge is 2.42. The van der Waals surface area contributed by atoms with E-state index >= 15 is 0 Å². The SMILES string of the molecule is CCCCCCC/C=C\CCCCCCCCCOC[C@H](COP(=O)(O)C(CC)[N+](C)(C)C)OC(C)(C)C. The highest BCUT2D eigenvalue weighted by atomic mass is 31.2. The molecule has 7 heteroatoms. The van der Waals surface area contributed by atoms with Crippen molar-refractivity contribution in [3.05, 3.63) is 12.2 Å². The molecule has 0 spiro atoms. The molecule has 0 saturated heterocycles. The first-order valence-electron chi connectivity index (χ1n) is 15.5. The zero-order chi connectivity index (χ0) is 28.9. The van der Waals surface area contributed by atoms with Crippen molar-refractivity contribution < 1.29 is 27.9 Å². The monoisotopic (exact) mass is 562 g/mol. The van der Waals surface area contributed by atoms with Gasteiger partial charge in [-0.05, 0) is 52.9 Å². The first kappa shape index (κ1) is 37.8. The molecule has 0 aliphatic heterocycles. The van der Waals surface area contributed by atoms with E-state index in [0.29, 0.717) is 24.1 Å². The number of allylic oxidation sites excluding steroid dienone is 2. The molecular formula is C31H65NO5P+. The van der Waals surface area contributed by atoms with Gasteiger partial charge in [0.15, 0.2) is 5.78 Å². The number of hydrogen-bond acceptors (Lipinski definition) is 4. The summed E-state index contributed by atoms with van der Waals surface area (Å²) < 4.78 is 30.9. The van der Waals surface area contributed by atoms with Gasteiger partial charge in [-0.25, -0.2) is 0 Å². The second-order valence-electron chi connectivity index (χ2n) is 12.7. The quantitative estimate of drug-likeness (QED) is 0.0521. The van der Waals surface area contributed by atoms with Crippen LogP contribution >= 0.6 is 7.60 Å². The third kappa shape index (κ3) is 21.6. The van der Waals surface area contributed by atoms with Gasteiger partial charge in [0.1, 0.15) is 6.10 Å². The first-order valence-corrected chi connectivity index (χ1v) is 17.2. The molecule has 0 aliphatic carbocycles. The molecule has 0 aromatic rings. The van der Waals surface area contributed by atoms with E-state index in [4.69, 9.17) is 14.0 Å². The maximum absolute atomic E-state index is 12.9. The zero-order valence-electron chi connectivity index (χ0n) is 26.5. The van der Waals surface area contributed by atoms with Crippen molar-refractivity contribution in [2.24, 2.45) is 0 Å². The highest BCUT2D eigenvalue weighted by Crippen LogP contribution is 2.51. The Labute approximate surface area is 237 Å². The van der Waals surface area contributed by atoms with Crippen LogP contribution in [0.5, 0.6) is 0 Å². The van der Waals surface area contributed by atoms with Crippen LogP contribution in [0.15, 0.2) is 12.2 Å². The molecular weight excluding hydrogens is 497 g/mol. The van der Waals surface area contributed by atoms with Crippen molar-refractivity contribution in [1.29, 1.82) is 0 Å². The second kappa shape index (κ2) is 21.5. The Morgan fingerprint density at radius 1 is 0.789 bits per heavy atom. The van der Waals surface area contributed by atoms with Crippen molar-refractivity contribution in [2.75, 3.05) is 41.0 Å². The molecule has 0 bridgehead atoms. The molecule has 0 aromatic carbocycles. The van der Waals surface area contributed by atoms with Crippen molar-refractivity contribution in [3.8, 4) is 0 Å². The smallest absolute Gasteiger partial charge is 0.379 e. The topological polar surface area (TPSA) is 65.0 Å². The van der Waals surface area contributed by atoms with Gasteiger partial charge in [-0.2, -0.15) is 0 Å². The minimum absolute atomic E-state index is 0.0513. The lowest BCUT2D eigenvalue weighted by Gasteiger charge is -2.36. The Balaban J connectivity index is 4.01. The van der Waals surface area contributed by atoms with Crippen LogP contribution in [-0.4, -0.2) is 67.8 Å². The third-order valence-corrected chi connectivity index (χ3v) is 9.04. The number of rotatable bonds is 25. The number of quaternary nitrogens is 1. The Kier molecular flexibility index (Phi) is 21.4. The van der Waals surface area contributed by atoms with Crippen molar-refractivity contribution in [1.82, 2.24) is 0 Å². The van der Waals surface area contributed by atoms with Gasteiger partial charge in [0.05, 0.1) is 40.0 Å². The van der Waals surface area contributed by atoms with E-state index in [2.05, 4.69) is 19.1 Å². The van der Waals surface area contributed by atoms with Crippen LogP contribution in [0.4, 0.5) is 0 Å². The lowest BCUT2D eigenvalue weighted by Crippen LogP contribution is -2.45. The summed E-state index contributed by atoms with van der Waals surface area (Å²) in [7, 11) is 1.97. The molecule has 38 heavy (non-hydrogen) atoms. The molecule has 0 saturated carbocycles. The maximum atomic E-state index is 12.9. The van der Waals surface area contributed by atoms with Crippen LogP contribution in [0.2, 0.25) is 0 Å². The number of unbranched alkanes of at least 4 members (excludes halogenated alkanes) is 12. The van der Waals surface area contributed by atoms with E-state index in [9.17, 15) is 9.46 Å². The molecule has 0 aromatic heterocycles. The Bertz CT molecular complexity index is 627. The largest absolute Gasteiger partial charge is 0.385 e. The van der Waals surface area contributed by atoms with Crippen LogP contribution in [-0.2, 0) is 18.6 Å². The van der Waals surface area contributed by atoms with E-state index in [1.165, 1.54) is 83.5 Å². The molecule has 0 aliphatic rings. The molecule has 0 fully saturated rings. The van der Waals surface area contributed by atoms with Gasteiger partial charge in [-0.15, -0.1) is 0 Å². The van der Waals surface area contributed by atoms with Crippen molar-refractivity contribution in [2.45, 2.75) is 148 Å². The van der Waals surface area contributed by atoms with Gasteiger partial charge in [0.25, 0.3) is 0 Å². The molecule has 228 valence electrons. The molecule has 0 heterocycles. The molecule has 0 amide bonds. The number of nitrogens with zero attached hydrogens (tertiary/aromatic N) is 1. The second-order valence-corrected chi connectivity index (χ2v) is 14.7. The summed E-state index contributed by atoms with van der Waals surface area (Å²) in [6.45, 7) is 11.2.